The average molecular weight is 419 g/mol. The Kier molecular flexibility index (Phi) is 6.00. The number of rotatable bonds is 6. The molecule has 1 heterocycles. The summed E-state index contributed by atoms with van der Waals surface area (Å²) in [5.41, 5.74) is 2.85. The van der Waals surface area contributed by atoms with E-state index in [-0.39, 0.29) is 22.8 Å². The lowest BCUT2D eigenvalue weighted by atomic mass is 10.2. The third kappa shape index (κ3) is 4.34. The molecule has 1 aromatic heterocycles. The number of carbonyl (C=O) groups excluding carboxylic acids is 1. The fraction of sp³-hybridized carbons (Fsp3) is 0.300. The number of carbonyl (C=O) groups is 1. The largest absolute Gasteiger partial charge is 0.465 e. The molecule has 3 aromatic rings. The number of sulfonamides is 1. The molecule has 148 valence electrons. The minimum absolute atomic E-state index is 0.0957. The van der Waals surface area contributed by atoms with Crippen LogP contribution in [-0.2, 0) is 32.5 Å². The molecule has 3 rings (SSSR count). The third-order valence-electron chi connectivity index (χ3n) is 4.27. The number of hydrogen-bond acceptors (Lipinski definition) is 5. The van der Waals surface area contributed by atoms with Crippen LogP contribution in [0.15, 0.2) is 51.8 Å². The van der Waals surface area contributed by atoms with Gasteiger partial charge in [-0.2, -0.15) is 8.42 Å². The standard InChI is InChI=1S/C20H22N2O4S2/c1-4-15-8-11-17-18(12-15)27-20(22(17)13-19(23)26-5-2)21-28(24,25)16-9-6-14(3)7-10-16/h6-12H,4-5,13H2,1-3H3/b21-20-. The van der Waals surface area contributed by atoms with Gasteiger partial charge in [-0.25, -0.2) is 0 Å². The van der Waals surface area contributed by atoms with E-state index in [1.807, 2.05) is 25.1 Å². The third-order valence-corrected chi connectivity index (χ3v) is 6.70. The monoisotopic (exact) mass is 418 g/mol. The van der Waals surface area contributed by atoms with Crippen molar-refractivity contribution in [3.05, 3.63) is 58.4 Å². The Morgan fingerprint density at radius 1 is 1.14 bits per heavy atom. The summed E-state index contributed by atoms with van der Waals surface area (Å²) < 4.78 is 37.1. The average Bonchev–Trinajstić information content (AvgIpc) is 2.97. The number of nitrogens with zero attached hydrogens (tertiary/aromatic N) is 2. The summed E-state index contributed by atoms with van der Waals surface area (Å²) in [6.45, 7) is 5.83. The van der Waals surface area contributed by atoms with Crippen LogP contribution in [0.2, 0.25) is 0 Å². The van der Waals surface area contributed by atoms with Crippen molar-refractivity contribution in [2.45, 2.75) is 38.6 Å². The summed E-state index contributed by atoms with van der Waals surface area (Å²) in [6, 6.07) is 12.4. The first kappa shape index (κ1) is 20.3. The highest BCUT2D eigenvalue weighted by atomic mass is 32.2. The zero-order valence-corrected chi connectivity index (χ0v) is 17.6. The van der Waals surface area contributed by atoms with Crippen molar-refractivity contribution in [3.63, 3.8) is 0 Å². The van der Waals surface area contributed by atoms with Crippen LogP contribution in [0.3, 0.4) is 0 Å². The van der Waals surface area contributed by atoms with Gasteiger partial charge in [-0.3, -0.25) is 4.79 Å². The topological polar surface area (TPSA) is 77.7 Å². The molecule has 0 unspecified atom stereocenters. The van der Waals surface area contributed by atoms with Crippen molar-refractivity contribution in [2.24, 2.45) is 4.40 Å². The first-order valence-electron chi connectivity index (χ1n) is 8.99. The summed E-state index contributed by atoms with van der Waals surface area (Å²) in [5.74, 6) is -0.434. The van der Waals surface area contributed by atoms with Crippen LogP contribution in [0.1, 0.15) is 25.0 Å². The summed E-state index contributed by atoms with van der Waals surface area (Å²) in [4.78, 5) is 12.4. The van der Waals surface area contributed by atoms with E-state index in [2.05, 4.69) is 11.3 Å². The highest BCUT2D eigenvalue weighted by Crippen LogP contribution is 2.21. The number of aryl methyl sites for hydroxylation is 2. The number of hydrogen-bond donors (Lipinski definition) is 0. The van der Waals surface area contributed by atoms with E-state index in [1.54, 1.807) is 23.6 Å². The van der Waals surface area contributed by atoms with Crippen LogP contribution in [0.4, 0.5) is 0 Å². The first-order valence-corrected chi connectivity index (χ1v) is 11.2. The Morgan fingerprint density at radius 3 is 2.50 bits per heavy atom. The molecule has 0 saturated heterocycles. The zero-order chi connectivity index (χ0) is 20.3. The zero-order valence-electron chi connectivity index (χ0n) is 16.0. The minimum atomic E-state index is -3.90. The molecule has 8 heteroatoms. The molecular formula is C20H22N2O4S2. The quantitative estimate of drug-likeness (QED) is 0.575. The molecule has 0 amide bonds. The molecule has 0 fully saturated rings. The number of thiazole rings is 1. The fourth-order valence-electron chi connectivity index (χ4n) is 2.76. The highest BCUT2D eigenvalue weighted by Gasteiger charge is 2.16. The molecule has 0 bridgehead atoms. The van der Waals surface area contributed by atoms with Gasteiger partial charge in [0.25, 0.3) is 10.0 Å². The number of fused-ring (bicyclic) bond motifs is 1. The van der Waals surface area contributed by atoms with E-state index in [1.165, 1.54) is 23.5 Å². The van der Waals surface area contributed by atoms with Crippen molar-refractivity contribution < 1.29 is 17.9 Å². The maximum atomic E-state index is 12.8. The number of esters is 1. The predicted octanol–water partition coefficient (Wildman–Crippen LogP) is 3.43. The van der Waals surface area contributed by atoms with Crippen LogP contribution < -0.4 is 4.80 Å². The minimum Gasteiger partial charge on any atom is -0.465 e. The SMILES string of the molecule is CCOC(=O)Cn1/c(=N/S(=O)(=O)c2ccc(C)cc2)sc2cc(CC)ccc21. The highest BCUT2D eigenvalue weighted by molar-refractivity contribution is 7.90. The van der Waals surface area contributed by atoms with E-state index < -0.39 is 16.0 Å². The van der Waals surface area contributed by atoms with Gasteiger partial charge in [0.1, 0.15) is 6.54 Å². The van der Waals surface area contributed by atoms with Crippen molar-refractivity contribution in [2.75, 3.05) is 6.61 Å². The summed E-state index contributed by atoms with van der Waals surface area (Å²) >= 11 is 1.25. The molecule has 0 aliphatic rings. The van der Waals surface area contributed by atoms with E-state index in [0.29, 0.717) is 0 Å². The predicted molar refractivity (Wildman–Crippen MR) is 110 cm³/mol. The maximum Gasteiger partial charge on any atom is 0.326 e. The van der Waals surface area contributed by atoms with E-state index in [9.17, 15) is 13.2 Å². The smallest absolute Gasteiger partial charge is 0.326 e. The maximum absolute atomic E-state index is 12.8. The molecule has 2 aromatic carbocycles. The Bertz CT molecular complexity index is 1170. The van der Waals surface area contributed by atoms with Gasteiger partial charge in [-0.05, 0) is 50.1 Å². The number of aromatic nitrogens is 1. The van der Waals surface area contributed by atoms with Crippen molar-refractivity contribution in [3.8, 4) is 0 Å². The van der Waals surface area contributed by atoms with E-state index in [4.69, 9.17) is 4.74 Å². The van der Waals surface area contributed by atoms with Gasteiger partial charge in [0.15, 0.2) is 0 Å². The van der Waals surface area contributed by atoms with Gasteiger partial charge in [0, 0.05) is 0 Å². The van der Waals surface area contributed by atoms with Crippen LogP contribution in [-0.4, -0.2) is 25.6 Å². The van der Waals surface area contributed by atoms with E-state index >= 15 is 0 Å². The second kappa shape index (κ2) is 8.28. The lowest BCUT2D eigenvalue weighted by Gasteiger charge is -2.06. The molecule has 0 atom stereocenters. The summed E-state index contributed by atoms with van der Waals surface area (Å²) in [7, 11) is -3.90. The Balaban J connectivity index is 2.18. The van der Waals surface area contributed by atoms with Gasteiger partial charge in [-0.15, -0.1) is 4.40 Å². The van der Waals surface area contributed by atoms with Crippen molar-refractivity contribution in [1.82, 2.24) is 4.57 Å². The summed E-state index contributed by atoms with van der Waals surface area (Å²) in [6.07, 6.45) is 0.861. The van der Waals surface area contributed by atoms with Gasteiger partial charge >= 0.3 is 5.97 Å². The molecule has 28 heavy (non-hydrogen) atoms. The first-order chi connectivity index (χ1) is 13.3. The van der Waals surface area contributed by atoms with E-state index in [0.717, 1.165) is 27.8 Å². The summed E-state index contributed by atoms with van der Waals surface area (Å²) in [5, 5.41) is 0. The van der Waals surface area contributed by atoms with Gasteiger partial charge in [0.05, 0.1) is 21.7 Å². The van der Waals surface area contributed by atoms with Crippen LogP contribution >= 0.6 is 11.3 Å². The molecule has 0 aliphatic carbocycles. The molecule has 6 nitrogen and oxygen atoms in total. The number of benzene rings is 2. The van der Waals surface area contributed by atoms with Gasteiger partial charge in [0.2, 0.25) is 4.80 Å². The lowest BCUT2D eigenvalue weighted by molar-refractivity contribution is -0.143. The number of ether oxygens (including phenoxy) is 1. The molecular weight excluding hydrogens is 396 g/mol. The second-order valence-corrected chi connectivity index (χ2v) is 8.92. The van der Waals surface area contributed by atoms with Crippen molar-refractivity contribution >= 4 is 37.5 Å². The van der Waals surface area contributed by atoms with Crippen LogP contribution in [0.25, 0.3) is 10.2 Å². The lowest BCUT2D eigenvalue weighted by Crippen LogP contribution is -2.23. The second-order valence-electron chi connectivity index (χ2n) is 6.31. The molecule has 0 N–H and O–H groups in total. The Hall–Kier alpha value is -2.45. The fourth-order valence-corrected chi connectivity index (χ4v) is 5.06. The van der Waals surface area contributed by atoms with Gasteiger partial charge < -0.3 is 9.30 Å². The Labute approximate surface area is 168 Å². The molecule has 0 spiro atoms. The van der Waals surface area contributed by atoms with Crippen LogP contribution in [0.5, 0.6) is 0 Å². The Morgan fingerprint density at radius 2 is 1.86 bits per heavy atom. The van der Waals surface area contributed by atoms with Crippen LogP contribution in [0, 0.1) is 6.92 Å². The van der Waals surface area contributed by atoms with Gasteiger partial charge in [-0.1, -0.05) is 42.0 Å². The molecule has 0 saturated carbocycles. The molecule has 0 aliphatic heterocycles. The molecule has 0 radical (unpaired) electrons. The normalized spacial score (nSPS) is 12.5. The van der Waals surface area contributed by atoms with Crippen molar-refractivity contribution in [1.29, 1.82) is 0 Å².